The van der Waals surface area contributed by atoms with E-state index < -0.39 is 0 Å². The van der Waals surface area contributed by atoms with Gasteiger partial charge in [0.25, 0.3) is 0 Å². The molecule has 0 amide bonds. The molecule has 0 atom stereocenters. The standard InChI is InChI=1S/C14H18ClN5O3/c1-21-8-4-7(5-9(22-2)11(8)23-3)6-18-13-10(16)12(15)19-14(17)20-13/h4-5H,6,16H2,1-3H3,(H3,17,18,19,20). The molecular formula is C14H18ClN5O3. The molecule has 9 heteroatoms. The van der Waals surface area contributed by atoms with Crippen LogP contribution in [-0.2, 0) is 6.54 Å². The van der Waals surface area contributed by atoms with E-state index in [1.165, 1.54) is 0 Å². The van der Waals surface area contributed by atoms with Gasteiger partial charge in [0.1, 0.15) is 5.69 Å². The number of hydrogen-bond donors (Lipinski definition) is 3. The van der Waals surface area contributed by atoms with Crippen LogP contribution in [0, 0.1) is 0 Å². The number of ether oxygens (including phenoxy) is 3. The van der Waals surface area contributed by atoms with Crippen molar-refractivity contribution in [1.82, 2.24) is 9.97 Å². The van der Waals surface area contributed by atoms with Gasteiger partial charge < -0.3 is 31.0 Å². The largest absolute Gasteiger partial charge is 0.493 e. The van der Waals surface area contributed by atoms with Crippen LogP contribution in [0.1, 0.15) is 5.56 Å². The summed E-state index contributed by atoms with van der Waals surface area (Å²) in [5.74, 6) is 2.02. The van der Waals surface area contributed by atoms with Crippen molar-refractivity contribution in [3.8, 4) is 17.2 Å². The Labute approximate surface area is 138 Å². The second-order valence-corrected chi connectivity index (χ2v) is 4.88. The Bertz CT molecular complexity index is 686. The van der Waals surface area contributed by atoms with E-state index in [4.69, 9.17) is 37.3 Å². The normalized spacial score (nSPS) is 10.3. The number of anilines is 3. The minimum Gasteiger partial charge on any atom is -0.493 e. The van der Waals surface area contributed by atoms with Gasteiger partial charge in [-0.2, -0.15) is 9.97 Å². The smallest absolute Gasteiger partial charge is 0.223 e. The summed E-state index contributed by atoms with van der Waals surface area (Å²) in [6.07, 6.45) is 0. The van der Waals surface area contributed by atoms with E-state index >= 15 is 0 Å². The second-order valence-electron chi connectivity index (χ2n) is 4.52. The van der Waals surface area contributed by atoms with Crippen molar-refractivity contribution >= 4 is 29.1 Å². The molecule has 0 unspecified atom stereocenters. The van der Waals surface area contributed by atoms with Crippen LogP contribution in [0.25, 0.3) is 0 Å². The van der Waals surface area contributed by atoms with Crippen LogP contribution in [-0.4, -0.2) is 31.3 Å². The van der Waals surface area contributed by atoms with E-state index in [0.717, 1.165) is 5.56 Å². The Morgan fingerprint density at radius 1 is 1.04 bits per heavy atom. The van der Waals surface area contributed by atoms with Crippen molar-refractivity contribution in [3.63, 3.8) is 0 Å². The first-order valence-corrected chi connectivity index (χ1v) is 6.99. The summed E-state index contributed by atoms with van der Waals surface area (Å²) in [4.78, 5) is 7.80. The van der Waals surface area contributed by atoms with Gasteiger partial charge in [-0.1, -0.05) is 11.6 Å². The van der Waals surface area contributed by atoms with Gasteiger partial charge >= 0.3 is 0 Å². The quantitative estimate of drug-likeness (QED) is 0.683. The van der Waals surface area contributed by atoms with Crippen LogP contribution in [0.2, 0.25) is 5.15 Å². The maximum Gasteiger partial charge on any atom is 0.223 e. The molecule has 0 radical (unpaired) electrons. The zero-order valence-electron chi connectivity index (χ0n) is 13.0. The molecule has 0 saturated carbocycles. The molecule has 124 valence electrons. The van der Waals surface area contributed by atoms with Crippen molar-refractivity contribution in [2.75, 3.05) is 38.1 Å². The van der Waals surface area contributed by atoms with E-state index in [1.54, 1.807) is 21.3 Å². The number of nitrogens with one attached hydrogen (secondary N) is 1. The van der Waals surface area contributed by atoms with Crippen molar-refractivity contribution in [2.24, 2.45) is 0 Å². The number of halogens is 1. The number of nitrogens with zero attached hydrogens (tertiary/aromatic N) is 2. The number of hydrogen-bond acceptors (Lipinski definition) is 8. The predicted octanol–water partition coefficient (Wildman–Crippen LogP) is 1.93. The molecule has 5 N–H and O–H groups in total. The van der Waals surface area contributed by atoms with Crippen LogP contribution in [0.15, 0.2) is 12.1 Å². The maximum atomic E-state index is 5.88. The van der Waals surface area contributed by atoms with E-state index in [2.05, 4.69) is 15.3 Å². The van der Waals surface area contributed by atoms with Crippen LogP contribution < -0.4 is 31.0 Å². The van der Waals surface area contributed by atoms with Crippen LogP contribution in [0.4, 0.5) is 17.5 Å². The molecular weight excluding hydrogens is 322 g/mol. The van der Waals surface area contributed by atoms with E-state index in [-0.39, 0.29) is 16.8 Å². The van der Waals surface area contributed by atoms with Gasteiger partial charge in [0.2, 0.25) is 11.7 Å². The number of aromatic nitrogens is 2. The summed E-state index contributed by atoms with van der Waals surface area (Å²) >= 11 is 5.88. The molecule has 0 aliphatic rings. The molecule has 0 bridgehead atoms. The minimum atomic E-state index is 0.0385. The molecule has 1 aromatic heterocycles. The number of benzene rings is 1. The van der Waals surface area contributed by atoms with E-state index in [0.29, 0.717) is 29.6 Å². The van der Waals surface area contributed by atoms with Crippen molar-refractivity contribution in [2.45, 2.75) is 6.54 Å². The SMILES string of the molecule is COc1cc(CNc2nc(N)nc(Cl)c2N)cc(OC)c1OC. The van der Waals surface area contributed by atoms with Gasteiger partial charge in [-0.3, -0.25) is 0 Å². The van der Waals surface area contributed by atoms with Gasteiger partial charge in [0.15, 0.2) is 22.5 Å². The zero-order valence-corrected chi connectivity index (χ0v) is 13.8. The molecule has 2 rings (SSSR count). The summed E-state index contributed by atoms with van der Waals surface area (Å²) < 4.78 is 15.9. The van der Waals surface area contributed by atoms with Gasteiger partial charge in [-0.15, -0.1) is 0 Å². The average Bonchev–Trinajstić information content (AvgIpc) is 2.55. The van der Waals surface area contributed by atoms with E-state index in [9.17, 15) is 0 Å². The number of nitrogens with two attached hydrogens (primary N) is 2. The lowest BCUT2D eigenvalue weighted by molar-refractivity contribution is 0.324. The molecule has 23 heavy (non-hydrogen) atoms. The molecule has 0 aliphatic heterocycles. The van der Waals surface area contributed by atoms with Gasteiger partial charge in [-0.05, 0) is 17.7 Å². The van der Waals surface area contributed by atoms with Crippen LogP contribution in [0.5, 0.6) is 17.2 Å². The number of methoxy groups -OCH3 is 3. The summed E-state index contributed by atoms with van der Waals surface area (Å²) in [5.41, 5.74) is 12.5. The Hall–Kier alpha value is -2.61. The highest BCUT2D eigenvalue weighted by Gasteiger charge is 2.14. The highest BCUT2D eigenvalue weighted by molar-refractivity contribution is 6.32. The molecule has 2 aromatic rings. The predicted molar refractivity (Wildman–Crippen MR) is 89.3 cm³/mol. The summed E-state index contributed by atoms with van der Waals surface area (Å²) in [6, 6.07) is 3.63. The number of nitrogen functional groups attached to an aromatic ring is 2. The Morgan fingerprint density at radius 3 is 2.17 bits per heavy atom. The van der Waals surface area contributed by atoms with Crippen molar-refractivity contribution < 1.29 is 14.2 Å². The summed E-state index contributed by atoms with van der Waals surface area (Å²) in [7, 11) is 4.65. The Balaban J connectivity index is 2.27. The Morgan fingerprint density at radius 2 is 1.65 bits per heavy atom. The lowest BCUT2D eigenvalue weighted by Crippen LogP contribution is -2.09. The first-order chi connectivity index (χ1) is 11.0. The lowest BCUT2D eigenvalue weighted by Gasteiger charge is -2.15. The van der Waals surface area contributed by atoms with Crippen molar-refractivity contribution in [3.05, 3.63) is 22.8 Å². The minimum absolute atomic E-state index is 0.0385. The topological polar surface area (TPSA) is 118 Å². The first kappa shape index (κ1) is 16.8. The van der Waals surface area contributed by atoms with Gasteiger partial charge in [0, 0.05) is 6.54 Å². The fraction of sp³-hybridized carbons (Fsp3) is 0.286. The van der Waals surface area contributed by atoms with Gasteiger partial charge in [-0.25, -0.2) is 0 Å². The third-order valence-electron chi connectivity index (χ3n) is 3.10. The Kier molecular flexibility index (Phi) is 5.17. The second kappa shape index (κ2) is 7.10. The highest BCUT2D eigenvalue weighted by Crippen LogP contribution is 2.38. The summed E-state index contributed by atoms with van der Waals surface area (Å²) in [5, 5.41) is 3.16. The molecule has 0 saturated heterocycles. The molecule has 1 heterocycles. The van der Waals surface area contributed by atoms with Crippen molar-refractivity contribution in [1.29, 1.82) is 0 Å². The fourth-order valence-electron chi connectivity index (χ4n) is 2.02. The lowest BCUT2D eigenvalue weighted by atomic mass is 10.1. The first-order valence-electron chi connectivity index (χ1n) is 6.61. The maximum absolute atomic E-state index is 5.88. The monoisotopic (exact) mass is 339 g/mol. The molecule has 8 nitrogen and oxygen atoms in total. The zero-order chi connectivity index (χ0) is 17.0. The molecule has 0 aliphatic carbocycles. The molecule has 0 spiro atoms. The highest BCUT2D eigenvalue weighted by atomic mass is 35.5. The number of rotatable bonds is 6. The van der Waals surface area contributed by atoms with Gasteiger partial charge in [0.05, 0.1) is 21.3 Å². The third kappa shape index (κ3) is 3.59. The van der Waals surface area contributed by atoms with Crippen LogP contribution in [0.3, 0.4) is 0 Å². The molecule has 0 fully saturated rings. The molecule has 1 aromatic carbocycles. The fourth-order valence-corrected chi connectivity index (χ4v) is 2.19. The van der Waals surface area contributed by atoms with Crippen LogP contribution >= 0.6 is 11.6 Å². The third-order valence-corrected chi connectivity index (χ3v) is 3.39. The average molecular weight is 340 g/mol. The van der Waals surface area contributed by atoms with E-state index in [1.807, 2.05) is 12.1 Å². The summed E-state index contributed by atoms with van der Waals surface area (Å²) in [6.45, 7) is 0.397.